The smallest absolute Gasteiger partial charge is 0.407 e. The Hall–Kier alpha value is -1.18. The molecule has 108 valence electrons. The van der Waals surface area contributed by atoms with E-state index in [2.05, 4.69) is 21.2 Å². The number of alkyl carbamates (subject to hydrolysis) is 1. The van der Waals surface area contributed by atoms with Gasteiger partial charge in [0.1, 0.15) is 11.4 Å². The van der Waals surface area contributed by atoms with Gasteiger partial charge in [-0.3, -0.25) is 0 Å². The van der Waals surface area contributed by atoms with Gasteiger partial charge in [-0.05, 0) is 18.2 Å². The molecule has 2 heterocycles. The topological polar surface area (TPSA) is 67.8 Å². The quantitative estimate of drug-likeness (QED) is 0.815. The fourth-order valence-corrected chi connectivity index (χ4v) is 3.17. The number of amides is 1. The van der Waals surface area contributed by atoms with Crippen molar-refractivity contribution in [3.63, 3.8) is 0 Å². The van der Waals surface area contributed by atoms with E-state index < -0.39 is 23.7 Å². The van der Waals surface area contributed by atoms with Gasteiger partial charge in [0.05, 0.1) is 13.2 Å². The van der Waals surface area contributed by atoms with E-state index in [-0.39, 0.29) is 25.6 Å². The standard InChI is InChI=1S/C13H13BrFNO4/c14-8-1-2-10(15)9(4-8)13-6-20-11(17)3-7(13)5-19-12(18)16-13/h1-2,4,7,11,17H,3,5-6H2,(H,16,18)/t7-,11-,13-/m0/s1. The molecule has 2 saturated heterocycles. The van der Waals surface area contributed by atoms with Crippen molar-refractivity contribution in [2.75, 3.05) is 13.2 Å². The molecule has 2 aliphatic rings. The molecule has 5 nitrogen and oxygen atoms in total. The number of aliphatic hydroxyl groups excluding tert-OH is 1. The van der Waals surface area contributed by atoms with Gasteiger partial charge < -0.3 is 19.9 Å². The lowest BCUT2D eigenvalue weighted by Crippen LogP contribution is -2.63. The maximum Gasteiger partial charge on any atom is 0.407 e. The van der Waals surface area contributed by atoms with E-state index in [4.69, 9.17) is 9.47 Å². The zero-order chi connectivity index (χ0) is 14.3. The third kappa shape index (κ3) is 2.19. The van der Waals surface area contributed by atoms with Gasteiger partial charge >= 0.3 is 6.09 Å². The van der Waals surface area contributed by atoms with Gasteiger partial charge in [-0.2, -0.15) is 0 Å². The predicted octanol–water partition coefficient (Wildman–Crippen LogP) is 1.88. The van der Waals surface area contributed by atoms with Crippen LogP contribution in [0.3, 0.4) is 0 Å². The monoisotopic (exact) mass is 345 g/mol. The van der Waals surface area contributed by atoms with Crippen molar-refractivity contribution in [1.82, 2.24) is 5.32 Å². The molecule has 0 unspecified atom stereocenters. The molecule has 0 spiro atoms. The van der Waals surface area contributed by atoms with Crippen molar-refractivity contribution in [3.05, 3.63) is 34.1 Å². The molecule has 1 aromatic rings. The third-order valence-electron chi connectivity index (χ3n) is 3.84. The van der Waals surface area contributed by atoms with Gasteiger partial charge in [0.15, 0.2) is 6.29 Å². The van der Waals surface area contributed by atoms with E-state index in [1.54, 1.807) is 12.1 Å². The molecule has 20 heavy (non-hydrogen) atoms. The molecule has 0 aromatic heterocycles. The number of aliphatic hydroxyl groups is 1. The number of carbonyl (C=O) groups is 1. The van der Waals surface area contributed by atoms with Crippen molar-refractivity contribution < 1.29 is 23.8 Å². The maximum absolute atomic E-state index is 14.2. The highest BCUT2D eigenvalue weighted by Crippen LogP contribution is 2.41. The molecule has 1 aromatic carbocycles. The van der Waals surface area contributed by atoms with E-state index in [1.807, 2.05) is 0 Å². The minimum atomic E-state index is -1.01. The molecule has 7 heteroatoms. The number of hydrogen-bond donors (Lipinski definition) is 2. The Morgan fingerprint density at radius 2 is 2.30 bits per heavy atom. The summed E-state index contributed by atoms with van der Waals surface area (Å²) >= 11 is 3.30. The summed E-state index contributed by atoms with van der Waals surface area (Å²) in [6.07, 6.45) is -1.27. The molecule has 3 rings (SSSR count). The number of cyclic esters (lactones) is 1. The van der Waals surface area contributed by atoms with Crippen LogP contribution in [0.4, 0.5) is 9.18 Å². The first kappa shape index (κ1) is 13.8. The van der Waals surface area contributed by atoms with Crippen LogP contribution in [0.1, 0.15) is 12.0 Å². The summed E-state index contributed by atoms with van der Waals surface area (Å²) in [7, 11) is 0. The largest absolute Gasteiger partial charge is 0.449 e. The van der Waals surface area contributed by atoms with Crippen LogP contribution in [0.5, 0.6) is 0 Å². The molecule has 0 bridgehead atoms. The SMILES string of the molecule is O=C1N[C@@]2(c3cc(Br)ccc3F)CO[C@H](O)C[C@H]2CO1. The molecule has 1 amide bonds. The minimum Gasteiger partial charge on any atom is -0.449 e. The summed E-state index contributed by atoms with van der Waals surface area (Å²) < 4.78 is 25.1. The Bertz CT molecular complexity index is 555. The van der Waals surface area contributed by atoms with E-state index in [0.29, 0.717) is 10.0 Å². The zero-order valence-corrected chi connectivity index (χ0v) is 12.0. The average molecular weight is 346 g/mol. The summed E-state index contributed by atoms with van der Waals surface area (Å²) in [6.45, 7) is 0.125. The molecule has 2 fully saturated rings. The maximum atomic E-state index is 14.2. The molecule has 0 saturated carbocycles. The second-order valence-corrected chi connectivity index (χ2v) is 5.93. The lowest BCUT2D eigenvalue weighted by Gasteiger charge is -2.48. The summed E-state index contributed by atoms with van der Waals surface area (Å²) in [5.74, 6) is -0.687. The van der Waals surface area contributed by atoms with Crippen LogP contribution in [0.25, 0.3) is 0 Å². The number of ether oxygens (including phenoxy) is 2. The number of fused-ring (bicyclic) bond motifs is 1. The van der Waals surface area contributed by atoms with Crippen LogP contribution in [0.15, 0.2) is 22.7 Å². The molecular formula is C13H13BrFNO4. The van der Waals surface area contributed by atoms with Crippen molar-refractivity contribution in [3.8, 4) is 0 Å². The Morgan fingerprint density at radius 1 is 1.50 bits per heavy atom. The van der Waals surface area contributed by atoms with Crippen molar-refractivity contribution in [2.45, 2.75) is 18.2 Å². The van der Waals surface area contributed by atoms with Crippen LogP contribution in [0, 0.1) is 11.7 Å². The van der Waals surface area contributed by atoms with E-state index >= 15 is 0 Å². The van der Waals surface area contributed by atoms with Gasteiger partial charge in [0, 0.05) is 22.4 Å². The number of hydrogen-bond acceptors (Lipinski definition) is 4. The lowest BCUT2D eigenvalue weighted by atomic mass is 9.74. The van der Waals surface area contributed by atoms with Crippen LogP contribution in [-0.2, 0) is 15.0 Å². The lowest BCUT2D eigenvalue weighted by molar-refractivity contribution is -0.186. The van der Waals surface area contributed by atoms with Crippen molar-refractivity contribution >= 4 is 22.0 Å². The van der Waals surface area contributed by atoms with Gasteiger partial charge in [-0.15, -0.1) is 0 Å². The summed E-state index contributed by atoms with van der Waals surface area (Å²) in [4.78, 5) is 11.6. The van der Waals surface area contributed by atoms with Gasteiger partial charge in [0.25, 0.3) is 0 Å². The molecule has 2 N–H and O–H groups in total. The average Bonchev–Trinajstić information content (AvgIpc) is 2.42. The molecule has 3 atom stereocenters. The molecule has 2 aliphatic heterocycles. The number of nitrogens with one attached hydrogen (secondary N) is 1. The number of benzene rings is 1. The third-order valence-corrected chi connectivity index (χ3v) is 4.33. The van der Waals surface area contributed by atoms with Crippen LogP contribution in [0.2, 0.25) is 0 Å². The van der Waals surface area contributed by atoms with Crippen LogP contribution in [-0.4, -0.2) is 30.7 Å². The predicted molar refractivity (Wildman–Crippen MR) is 70.3 cm³/mol. The number of carbonyl (C=O) groups excluding carboxylic acids is 1. The van der Waals surface area contributed by atoms with Crippen LogP contribution >= 0.6 is 15.9 Å². The van der Waals surface area contributed by atoms with E-state index in [0.717, 1.165) is 0 Å². The van der Waals surface area contributed by atoms with Crippen molar-refractivity contribution in [1.29, 1.82) is 0 Å². The summed E-state index contributed by atoms with van der Waals surface area (Å²) in [5, 5.41) is 12.3. The highest BCUT2D eigenvalue weighted by atomic mass is 79.9. The van der Waals surface area contributed by atoms with Gasteiger partial charge in [-0.1, -0.05) is 15.9 Å². The van der Waals surface area contributed by atoms with Gasteiger partial charge in [-0.25, -0.2) is 9.18 Å². The first-order valence-corrected chi connectivity index (χ1v) is 7.01. The normalized spacial score (nSPS) is 33.0. The highest BCUT2D eigenvalue weighted by Gasteiger charge is 2.51. The number of rotatable bonds is 1. The van der Waals surface area contributed by atoms with E-state index in [1.165, 1.54) is 6.07 Å². The first-order valence-electron chi connectivity index (χ1n) is 6.21. The summed E-state index contributed by atoms with van der Waals surface area (Å²) in [5.41, 5.74) is -0.678. The Labute approximate surface area is 123 Å². The van der Waals surface area contributed by atoms with Crippen molar-refractivity contribution in [2.24, 2.45) is 5.92 Å². The second-order valence-electron chi connectivity index (χ2n) is 5.02. The molecule has 0 radical (unpaired) electrons. The first-order chi connectivity index (χ1) is 9.51. The Kier molecular flexibility index (Phi) is 3.43. The Morgan fingerprint density at radius 3 is 3.10 bits per heavy atom. The molecule has 0 aliphatic carbocycles. The molecular weight excluding hydrogens is 333 g/mol. The highest BCUT2D eigenvalue weighted by molar-refractivity contribution is 9.10. The van der Waals surface area contributed by atoms with Crippen LogP contribution < -0.4 is 5.32 Å². The van der Waals surface area contributed by atoms with Gasteiger partial charge in [0.2, 0.25) is 0 Å². The Balaban J connectivity index is 2.09. The fraction of sp³-hybridized carbons (Fsp3) is 0.462. The van der Waals surface area contributed by atoms with E-state index in [9.17, 15) is 14.3 Å². The minimum absolute atomic E-state index is 0.00130. The zero-order valence-electron chi connectivity index (χ0n) is 10.4. The number of halogens is 2. The second kappa shape index (κ2) is 4.98. The summed E-state index contributed by atoms with van der Waals surface area (Å²) in [6, 6.07) is 4.54. The fourth-order valence-electron chi connectivity index (χ4n) is 2.81.